The lowest BCUT2D eigenvalue weighted by Crippen LogP contribution is -2.15. The number of fused-ring (bicyclic) bond motifs is 2. The third-order valence-electron chi connectivity index (χ3n) is 2.50. The molecular weight excluding hydrogens is 206 g/mol. The average Bonchev–Trinajstić information content (AvgIpc) is 2.62. The molecule has 0 spiro atoms. The van der Waals surface area contributed by atoms with Crippen LogP contribution in [0.3, 0.4) is 0 Å². The molecule has 3 rings (SSSR count). The lowest BCUT2D eigenvalue weighted by atomic mass is 10.3. The summed E-state index contributed by atoms with van der Waals surface area (Å²) in [5.74, 6) is 0.253. The van der Waals surface area contributed by atoms with E-state index in [9.17, 15) is 4.79 Å². The largest absolute Gasteiger partial charge is 0.383 e. The van der Waals surface area contributed by atoms with E-state index < -0.39 is 0 Å². The van der Waals surface area contributed by atoms with Crippen LogP contribution in [0.2, 0.25) is 0 Å². The fourth-order valence-electron chi connectivity index (χ4n) is 1.72. The van der Waals surface area contributed by atoms with Crippen molar-refractivity contribution in [1.82, 2.24) is 19.6 Å². The van der Waals surface area contributed by atoms with Crippen molar-refractivity contribution in [3.05, 3.63) is 34.2 Å². The first kappa shape index (κ1) is 8.90. The van der Waals surface area contributed by atoms with Crippen LogP contribution in [0.1, 0.15) is 5.56 Å². The Bertz CT molecular complexity index is 755. The Morgan fingerprint density at radius 1 is 1.44 bits per heavy atom. The van der Waals surface area contributed by atoms with Crippen molar-refractivity contribution >= 4 is 22.5 Å². The highest BCUT2D eigenvalue weighted by molar-refractivity contribution is 5.86. The number of aryl methyl sites for hydroxylation is 1. The summed E-state index contributed by atoms with van der Waals surface area (Å²) in [5, 5.41) is 6.77. The van der Waals surface area contributed by atoms with E-state index in [4.69, 9.17) is 5.73 Å². The first-order valence-electron chi connectivity index (χ1n) is 4.79. The molecular formula is C10H9N5O. The fourth-order valence-corrected chi connectivity index (χ4v) is 1.72. The van der Waals surface area contributed by atoms with Gasteiger partial charge in [-0.25, -0.2) is 4.98 Å². The monoisotopic (exact) mass is 215 g/mol. The normalized spacial score (nSPS) is 11.3. The molecule has 3 aromatic rings. The number of H-pyrrole nitrogens is 1. The van der Waals surface area contributed by atoms with Gasteiger partial charge in [-0.1, -0.05) is 6.07 Å². The molecule has 6 heteroatoms. The van der Waals surface area contributed by atoms with Crippen LogP contribution in [0.4, 0.5) is 5.82 Å². The average molecular weight is 215 g/mol. The van der Waals surface area contributed by atoms with E-state index in [1.54, 1.807) is 12.3 Å². The van der Waals surface area contributed by atoms with E-state index in [2.05, 4.69) is 15.2 Å². The third kappa shape index (κ3) is 1.04. The number of nitrogens with two attached hydrogens (primary N) is 1. The molecule has 0 unspecified atom stereocenters. The number of hydrogen-bond donors (Lipinski definition) is 2. The number of nitrogens with zero attached hydrogens (tertiary/aromatic N) is 3. The van der Waals surface area contributed by atoms with Crippen LogP contribution in [-0.2, 0) is 0 Å². The SMILES string of the molecule is Cc1ccc2nc3n[nH]c(N)c3c(=O)n2c1. The zero-order valence-electron chi connectivity index (χ0n) is 8.56. The lowest BCUT2D eigenvalue weighted by molar-refractivity contribution is 1.05. The number of aromatic amines is 1. The second-order valence-corrected chi connectivity index (χ2v) is 3.69. The molecule has 0 aliphatic heterocycles. The molecule has 0 saturated heterocycles. The van der Waals surface area contributed by atoms with Crippen molar-refractivity contribution in [3.8, 4) is 0 Å². The lowest BCUT2D eigenvalue weighted by Gasteiger charge is -2.00. The van der Waals surface area contributed by atoms with Gasteiger partial charge in [-0.3, -0.25) is 14.3 Å². The number of nitrogens with one attached hydrogen (secondary N) is 1. The van der Waals surface area contributed by atoms with E-state index in [0.29, 0.717) is 16.7 Å². The van der Waals surface area contributed by atoms with Crippen LogP contribution < -0.4 is 11.3 Å². The van der Waals surface area contributed by atoms with Gasteiger partial charge in [0.15, 0.2) is 5.65 Å². The van der Waals surface area contributed by atoms with Crippen molar-refractivity contribution in [2.45, 2.75) is 6.92 Å². The molecule has 0 radical (unpaired) electrons. The minimum absolute atomic E-state index is 0.199. The Morgan fingerprint density at radius 3 is 3.06 bits per heavy atom. The fraction of sp³-hybridized carbons (Fsp3) is 0.100. The van der Waals surface area contributed by atoms with E-state index in [-0.39, 0.29) is 11.4 Å². The maximum absolute atomic E-state index is 12.1. The van der Waals surface area contributed by atoms with E-state index >= 15 is 0 Å². The quantitative estimate of drug-likeness (QED) is 0.570. The Kier molecular flexibility index (Phi) is 1.57. The number of hydrogen-bond acceptors (Lipinski definition) is 4. The standard InChI is InChI=1S/C10H9N5O/c1-5-2-3-6-12-9-7(8(11)13-14-9)10(16)15(6)4-5/h2-4H,1H3,(H3,11,13,14). The highest BCUT2D eigenvalue weighted by atomic mass is 16.1. The molecule has 0 fully saturated rings. The Hall–Kier alpha value is -2.37. The molecule has 0 amide bonds. The molecule has 0 aliphatic rings. The summed E-state index contributed by atoms with van der Waals surface area (Å²) >= 11 is 0. The Morgan fingerprint density at radius 2 is 2.25 bits per heavy atom. The molecule has 0 aliphatic carbocycles. The molecule has 0 bridgehead atoms. The molecule has 16 heavy (non-hydrogen) atoms. The Labute approximate surface area is 89.7 Å². The number of nitrogen functional groups attached to an aromatic ring is 1. The minimum Gasteiger partial charge on any atom is -0.383 e. The van der Waals surface area contributed by atoms with E-state index in [1.807, 2.05) is 13.0 Å². The molecule has 3 N–H and O–H groups in total. The predicted molar refractivity (Wildman–Crippen MR) is 60.3 cm³/mol. The van der Waals surface area contributed by atoms with Gasteiger partial charge in [0, 0.05) is 6.20 Å². The molecule has 6 nitrogen and oxygen atoms in total. The first-order chi connectivity index (χ1) is 7.66. The van der Waals surface area contributed by atoms with Gasteiger partial charge >= 0.3 is 0 Å². The van der Waals surface area contributed by atoms with Crippen molar-refractivity contribution < 1.29 is 0 Å². The summed E-state index contributed by atoms with van der Waals surface area (Å²) in [6, 6.07) is 3.67. The van der Waals surface area contributed by atoms with Gasteiger partial charge in [0.25, 0.3) is 5.56 Å². The zero-order valence-corrected chi connectivity index (χ0v) is 8.56. The van der Waals surface area contributed by atoms with Gasteiger partial charge < -0.3 is 5.73 Å². The summed E-state index contributed by atoms with van der Waals surface area (Å²) in [5.41, 5.74) is 7.34. The van der Waals surface area contributed by atoms with E-state index in [1.165, 1.54) is 4.40 Å². The van der Waals surface area contributed by atoms with Gasteiger partial charge in [-0.2, -0.15) is 5.10 Å². The molecule has 0 aromatic carbocycles. The van der Waals surface area contributed by atoms with Gasteiger partial charge in [0.1, 0.15) is 16.9 Å². The molecule has 0 atom stereocenters. The van der Waals surface area contributed by atoms with Crippen molar-refractivity contribution in [3.63, 3.8) is 0 Å². The highest BCUT2D eigenvalue weighted by Crippen LogP contribution is 2.12. The molecule has 0 saturated carbocycles. The van der Waals surface area contributed by atoms with Gasteiger partial charge in [0.05, 0.1) is 0 Å². The second kappa shape index (κ2) is 2.82. The molecule has 80 valence electrons. The molecule has 3 aromatic heterocycles. The first-order valence-corrected chi connectivity index (χ1v) is 4.79. The van der Waals surface area contributed by atoms with E-state index in [0.717, 1.165) is 5.56 Å². The van der Waals surface area contributed by atoms with Crippen LogP contribution in [-0.4, -0.2) is 19.6 Å². The van der Waals surface area contributed by atoms with Crippen LogP contribution in [0.15, 0.2) is 23.1 Å². The third-order valence-corrected chi connectivity index (χ3v) is 2.50. The highest BCUT2D eigenvalue weighted by Gasteiger charge is 2.10. The summed E-state index contributed by atoms with van der Waals surface area (Å²) < 4.78 is 1.48. The maximum Gasteiger partial charge on any atom is 0.271 e. The van der Waals surface area contributed by atoms with Crippen LogP contribution >= 0.6 is 0 Å². The Balaban J connectivity index is 2.64. The van der Waals surface area contributed by atoms with Gasteiger partial charge in [0.2, 0.25) is 0 Å². The van der Waals surface area contributed by atoms with Crippen molar-refractivity contribution in [2.24, 2.45) is 0 Å². The number of anilines is 1. The van der Waals surface area contributed by atoms with Crippen molar-refractivity contribution in [1.29, 1.82) is 0 Å². The maximum atomic E-state index is 12.1. The topological polar surface area (TPSA) is 89.1 Å². The van der Waals surface area contributed by atoms with Crippen LogP contribution in [0.5, 0.6) is 0 Å². The number of aromatic nitrogens is 4. The van der Waals surface area contributed by atoms with Gasteiger partial charge in [-0.15, -0.1) is 0 Å². The smallest absolute Gasteiger partial charge is 0.271 e. The summed E-state index contributed by atoms with van der Waals surface area (Å²) in [7, 11) is 0. The minimum atomic E-state index is -0.199. The van der Waals surface area contributed by atoms with Crippen LogP contribution in [0.25, 0.3) is 16.7 Å². The molecule has 3 heterocycles. The van der Waals surface area contributed by atoms with Crippen LogP contribution in [0, 0.1) is 6.92 Å². The van der Waals surface area contributed by atoms with Crippen molar-refractivity contribution in [2.75, 3.05) is 5.73 Å². The zero-order chi connectivity index (χ0) is 11.3. The number of rotatable bonds is 0. The predicted octanol–water partition coefficient (Wildman–Crippen LogP) is 0.461. The summed E-state index contributed by atoms with van der Waals surface area (Å²) in [6.07, 6.45) is 1.73. The summed E-state index contributed by atoms with van der Waals surface area (Å²) in [4.78, 5) is 16.3. The second-order valence-electron chi connectivity index (χ2n) is 3.69. The summed E-state index contributed by atoms with van der Waals surface area (Å²) in [6.45, 7) is 1.91. The number of pyridine rings is 1. The van der Waals surface area contributed by atoms with Gasteiger partial charge in [-0.05, 0) is 18.6 Å².